The van der Waals surface area contributed by atoms with Crippen LogP contribution in [-0.4, -0.2) is 15.7 Å². The van der Waals surface area contributed by atoms with Crippen molar-refractivity contribution in [1.82, 2.24) is 9.61 Å². The number of hydrogen-bond acceptors (Lipinski definition) is 3. The number of fused-ring (bicyclic) bond motifs is 1. The largest absolute Gasteiger partial charge is 0.483 e. The first-order valence-electron chi connectivity index (χ1n) is 8.07. The van der Waals surface area contributed by atoms with Gasteiger partial charge in [-0.1, -0.05) is 37.0 Å². The number of hydrogen-bond donors (Lipinski definition) is 0. The van der Waals surface area contributed by atoms with Crippen molar-refractivity contribution in [3.8, 4) is 17.0 Å². The second-order valence-electron chi connectivity index (χ2n) is 5.82. The Morgan fingerprint density at radius 2 is 1.92 bits per heavy atom. The molecule has 128 valence electrons. The first-order valence-corrected chi connectivity index (χ1v) is 8.82. The Morgan fingerprint density at radius 3 is 2.54 bits per heavy atom. The zero-order valence-corrected chi connectivity index (χ0v) is 15.7. The van der Waals surface area contributed by atoms with Crippen LogP contribution in [0.25, 0.3) is 17.0 Å². The molecule has 0 bridgehead atoms. The Morgan fingerprint density at radius 1 is 1.21 bits per heavy atom. The Bertz CT molecular complexity index is 879. The van der Waals surface area contributed by atoms with Gasteiger partial charge in [0.25, 0.3) is 5.71 Å². The lowest BCUT2D eigenvalue weighted by molar-refractivity contribution is 0.191. The number of oxazole rings is 1. The van der Waals surface area contributed by atoms with Crippen LogP contribution in [0.15, 0.2) is 22.6 Å². The van der Waals surface area contributed by atoms with Crippen LogP contribution in [-0.2, 0) is 0 Å². The topological polar surface area (TPSA) is 39.7 Å². The molecule has 6 heteroatoms. The molecule has 24 heavy (non-hydrogen) atoms. The minimum atomic E-state index is 0.143. The predicted molar refractivity (Wildman–Crippen MR) is 97.4 cm³/mol. The molecule has 0 atom stereocenters. The van der Waals surface area contributed by atoms with Gasteiger partial charge < -0.3 is 9.15 Å². The molecule has 0 N–H and O–H groups in total. The van der Waals surface area contributed by atoms with Crippen LogP contribution < -0.4 is 4.74 Å². The smallest absolute Gasteiger partial charge is 0.266 e. The molecule has 2 aromatic heterocycles. The highest BCUT2D eigenvalue weighted by molar-refractivity contribution is 6.36. The lowest BCUT2D eigenvalue weighted by atomic mass is 10.1. The Balaban J connectivity index is 2.16. The van der Waals surface area contributed by atoms with Gasteiger partial charge in [-0.15, -0.1) is 0 Å². The zero-order valence-electron chi connectivity index (χ0n) is 14.2. The molecule has 0 spiro atoms. The third kappa shape index (κ3) is 2.89. The van der Waals surface area contributed by atoms with Crippen LogP contribution in [0.5, 0.6) is 5.75 Å². The molecule has 4 nitrogen and oxygen atoms in total. The molecule has 3 aromatic rings. The molecule has 1 aromatic carbocycles. The molecule has 2 heterocycles. The molecule has 0 saturated heterocycles. The van der Waals surface area contributed by atoms with Gasteiger partial charge in [0.1, 0.15) is 17.1 Å². The fraction of sp³-hybridized carbons (Fsp3) is 0.389. The van der Waals surface area contributed by atoms with Gasteiger partial charge in [-0.2, -0.15) is 9.61 Å². The van der Waals surface area contributed by atoms with E-state index in [0.29, 0.717) is 21.5 Å². The summed E-state index contributed by atoms with van der Waals surface area (Å²) in [5, 5.41) is 5.75. The number of ether oxygens (including phenoxy) is 1. The molecule has 0 aliphatic rings. The molecule has 0 fully saturated rings. The number of aryl methyl sites for hydroxylation is 2. The lowest BCUT2D eigenvalue weighted by Crippen LogP contribution is -2.13. The van der Waals surface area contributed by atoms with Gasteiger partial charge >= 0.3 is 0 Å². The van der Waals surface area contributed by atoms with Gasteiger partial charge in [0.05, 0.1) is 11.1 Å². The minimum absolute atomic E-state index is 0.143. The van der Waals surface area contributed by atoms with Crippen molar-refractivity contribution in [2.24, 2.45) is 0 Å². The van der Waals surface area contributed by atoms with E-state index in [0.717, 1.165) is 35.6 Å². The van der Waals surface area contributed by atoms with Crippen LogP contribution in [0.4, 0.5) is 0 Å². The van der Waals surface area contributed by atoms with E-state index in [9.17, 15) is 0 Å². The zero-order chi connectivity index (χ0) is 17.4. The van der Waals surface area contributed by atoms with Crippen molar-refractivity contribution < 1.29 is 9.15 Å². The van der Waals surface area contributed by atoms with Crippen molar-refractivity contribution in [3.63, 3.8) is 0 Å². The summed E-state index contributed by atoms with van der Waals surface area (Å²) < 4.78 is 13.8. The van der Waals surface area contributed by atoms with E-state index >= 15 is 0 Å². The molecule has 0 radical (unpaired) electrons. The Kier molecular flexibility index (Phi) is 4.79. The molecule has 0 saturated carbocycles. The van der Waals surface area contributed by atoms with E-state index in [1.54, 1.807) is 16.6 Å². The van der Waals surface area contributed by atoms with Crippen molar-refractivity contribution >= 4 is 28.9 Å². The maximum absolute atomic E-state index is 6.37. The Hall–Kier alpha value is -1.65. The van der Waals surface area contributed by atoms with Crippen LogP contribution in [0.2, 0.25) is 10.0 Å². The maximum Gasteiger partial charge on any atom is 0.266 e. The second-order valence-corrected chi connectivity index (χ2v) is 6.66. The number of benzene rings is 1. The van der Waals surface area contributed by atoms with Gasteiger partial charge in [0.2, 0.25) is 5.75 Å². The summed E-state index contributed by atoms with van der Waals surface area (Å²) in [6.07, 6.45) is 2.01. The fourth-order valence-corrected chi connectivity index (χ4v) is 3.32. The highest BCUT2D eigenvalue weighted by Crippen LogP contribution is 2.37. The van der Waals surface area contributed by atoms with E-state index in [-0.39, 0.29) is 6.10 Å². The predicted octanol–water partition coefficient (Wildman–Crippen LogP) is 6.09. The summed E-state index contributed by atoms with van der Waals surface area (Å²) in [5.41, 5.74) is 3.05. The molecule has 0 amide bonds. The van der Waals surface area contributed by atoms with Crippen LogP contribution >= 0.6 is 23.2 Å². The average molecular weight is 367 g/mol. The summed E-state index contributed by atoms with van der Waals surface area (Å²) in [4.78, 5) is 0. The summed E-state index contributed by atoms with van der Waals surface area (Å²) in [6, 6.07) is 5.40. The number of aromatic nitrogens is 2. The standard InChI is InChI=1S/C18H20Cl2N2O2/c1-5-13(6-2)24-17-10(3)21-22-16(11(4)23-18(17)22)14-8-7-12(19)9-15(14)20/h7-9,13H,5-6H2,1-4H3. The van der Waals surface area contributed by atoms with E-state index in [1.165, 1.54) is 0 Å². The minimum Gasteiger partial charge on any atom is -0.483 e. The molecular weight excluding hydrogens is 347 g/mol. The van der Waals surface area contributed by atoms with E-state index in [2.05, 4.69) is 18.9 Å². The summed E-state index contributed by atoms with van der Waals surface area (Å²) in [7, 11) is 0. The molecule has 0 aliphatic heterocycles. The first-order chi connectivity index (χ1) is 11.5. The average Bonchev–Trinajstić information content (AvgIpc) is 3.00. The number of rotatable bonds is 5. The fourth-order valence-electron chi connectivity index (χ4n) is 2.82. The molecular formula is C18H20Cl2N2O2. The number of nitrogens with zero attached hydrogens (tertiary/aromatic N) is 2. The Labute approximate surface area is 151 Å². The number of halogens is 2. The normalized spacial score (nSPS) is 11.6. The molecule has 0 aliphatic carbocycles. The highest BCUT2D eigenvalue weighted by Gasteiger charge is 2.24. The van der Waals surface area contributed by atoms with E-state index < -0.39 is 0 Å². The van der Waals surface area contributed by atoms with E-state index in [1.807, 2.05) is 19.9 Å². The van der Waals surface area contributed by atoms with Gasteiger partial charge in [-0.25, -0.2) is 0 Å². The van der Waals surface area contributed by atoms with Crippen molar-refractivity contribution in [3.05, 3.63) is 39.7 Å². The lowest BCUT2D eigenvalue weighted by Gasteiger charge is -2.14. The molecule has 3 rings (SSSR count). The van der Waals surface area contributed by atoms with E-state index in [4.69, 9.17) is 32.4 Å². The second kappa shape index (κ2) is 6.69. The van der Waals surface area contributed by atoms with Crippen molar-refractivity contribution in [1.29, 1.82) is 0 Å². The third-order valence-corrected chi connectivity index (χ3v) is 4.69. The first kappa shape index (κ1) is 17.2. The maximum atomic E-state index is 6.37. The SMILES string of the molecule is CCC(CC)Oc1c(C)nn2c(-c3ccc(Cl)cc3Cl)c(C)oc12. The van der Waals surface area contributed by atoms with Gasteiger partial charge in [0, 0.05) is 10.6 Å². The summed E-state index contributed by atoms with van der Waals surface area (Å²) in [5.74, 6) is 1.43. The molecule has 0 unspecified atom stereocenters. The quantitative estimate of drug-likeness (QED) is 0.548. The summed E-state index contributed by atoms with van der Waals surface area (Å²) >= 11 is 12.4. The van der Waals surface area contributed by atoms with Crippen LogP contribution in [0, 0.1) is 13.8 Å². The van der Waals surface area contributed by atoms with Gasteiger partial charge in [-0.3, -0.25) is 0 Å². The van der Waals surface area contributed by atoms with Crippen LogP contribution in [0.3, 0.4) is 0 Å². The van der Waals surface area contributed by atoms with Gasteiger partial charge in [0.15, 0.2) is 0 Å². The highest BCUT2D eigenvalue weighted by atomic mass is 35.5. The van der Waals surface area contributed by atoms with Crippen LogP contribution in [0.1, 0.15) is 38.1 Å². The third-order valence-electron chi connectivity index (χ3n) is 4.14. The summed E-state index contributed by atoms with van der Waals surface area (Å²) in [6.45, 7) is 8.03. The van der Waals surface area contributed by atoms with Gasteiger partial charge in [-0.05, 0) is 44.9 Å². The monoisotopic (exact) mass is 366 g/mol. The van der Waals surface area contributed by atoms with Crippen molar-refractivity contribution in [2.45, 2.75) is 46.6 Å². The van der Waals surface area contributed by atoms with Crippen molar-refractivity contribution in [2.75, 3.05) is 0 Å².